The topological polar surface area (TPSA) is 72.1 Å². The van der Waals surface area contributed by atoms with Gasteiger partial charge < -0.3 is 9.42 Å². The van der Waals surface area contributed by atoms with Gasteiger partial charge in [0.15, 0.2) is 5.82 Å². The number of allylic oxidation sites excluding steroid dienone is 2. The number of pyridine rings is 1. The molecule has 1 atom stereocenters. The zero-order chi connectivity index (χ0) is 23.0. The molecule has 0 bridgehead atoms. The van der Waals surface area contributed by atoms with E-state index < -0.39 is 0 Å². The Labute approximate surface area is 196 Å². The molecule has 0 N–H and O–H groups in total. The highest BCUT2D eigenvalue weighted by Crippen LogP contribution is 2.41. The smallest absolute Gasteiger partial charge is 0.229 e. The van der Waals surface area contributed by atoms with Gasteiger partial charge in [-0.15, -0.1) is 0 Å². The van der Waals surface area contributed by atoms with E-state index in [1.54, 1.807) is 0 Å². The molecule has 0 radical (unpaired) electrons. The highest BCUT2D eigenvalue weighted by atomic mass is 16.5. The van der Waals surface area contributed by atoms with Gasteiger partial charge in [-0.2, -0.15) is 4.98 Å². The van der Waals surface area contributed by atoms with Crippen LogP contribution in [-0.4, -0.2) is 39.0 Å². The lowest BCUT2D eigenvalue weighted by Gasteiger charge is -2.38. The monoisotopic (exact) mass is 448 g/mol. The molecule has 2 aliphatic carbocycles. The molecule has 6 heteroatoms. The first kappa shape index (κ1) is 22.3. The Bertz CT molecular complexity index is 1010. The number of piperidine rings is 1. The minimum absolute atomic E-state index is 0.104. The van der Waals surface area contributed by atoms with Crippen LogP contribution in [0.1, 0.15) is 107 Å². The van der Waals surface area contributed by atoms with Crippen molar-refractivity contribution in [2.24, 2.45) is 5.92 Å². The Balaban J connectivity index is 1.21. The van der Waals surface area contributed by atoms with Gasteiger partial charge in [0.1, 0.15) is 0 Å². The van der Waals surface area contributed by atoms with E-state index in [2.05, 4.69) is 54.0 Å². The van der Waals surface area contributed by atoms with Crippen LogP contribution in [0.2, 0.25) is 0 Å². The van der Waals surface area contributed by atoms with Gasteiger partial charge in [-0.1, -0.05) is 38.1 Å². The Hall–Kier alpha value is -2.50. The van der Waals surface area contributed by atoms with Crippen molar-refractivity contribution in [1.29, 1.82) is 0 Å². The van der Waals surface area contributed by atoms with Gasteiger partial charge in [-0.25, -0.2) is 0 Å². The molecule has 5 rings (SSSR count). The second-order valence-electron chi connectivity index (χ2n) is 10.8. The molecule has 1 saturated heterocycles. The lowest BCUT2D eigenvalue weighted by Crippen LogP contribution is -2.44. The van der Waals surface area contributed by atoms with Crippen molar-refractivity contribution in [3.63, 3.8) is 0 Å². The normalized spacial score (nSPS) is 23.0. The summed E-state index contributed by atoms with van der Waals surface area (Å²) in [4.78, 5) is 24.7. The van der Waals surface area contributed by atoms with E-state index in [-0.39, 0.29) is 17.2 Å². The fourth-order valence-electron chi connectivity index (χ4n) is 5.22. The Morgan fingerprint density at radius 3 is 2.67 bits per heavy atom. The molecule has 33 heavy (non-hydrogen) atoms. The average Bonchev–Trinajstić information content (AvgIpc) is 3.55. The molecule has 3 heterocycles. The summed E-state index contributed by atoms with van der Waals surface area (Å²) in [5.41, 5.74) is 3.49. The number of likely N-dealkylation sites (tertiary alicyclic amines) is 1. The second kappa shape index (κ2) is 9.03. The lowest BCUT2D eigenvalue weighted by atomic mass is 9.79. The van der Waals surface area contributed by atoms with Crippen molar-refractivity contribution in [1.82, 2.24) is 20.0 Å². The molecule has 2 aromatic rings. The maximum atomic E-state index is 13.3. The number of carbonyl (C=O) groups excluding carboxylic acids is 1. The molecular weight excluding hydrogens is 412 g/mol. The van der Waals surface area contributed by atoms with E-state index in [9.17, 15) is 4.79 Å². The lowest BCUT2D eigenvalue weighted by molar-refractivity contribution is -0.133. The van der Waals surface area contributed by atoms with Crippen LogP contribution in [0.5, 0.6) is 0 Å². The van der Waals surface area contributed by atoms with Crippen molar-refractivity contribution in [2.45, 2.75) is 89.4 Å². The predicted octanol–water partition coefficient (Wildman–Crippen LogP) is 5.62. The largest absolute Gasteiger partial charge is 0.343 e. The van der Waals surface area contributed by atoms with Crippen molar-refractivity contribution < 1.29 is 9.32 Å². The van der Waals surface area contributed by atoms with E-state index in [0.717, 1.165) is 75.4 Å². The first-order valence-corrected chi connectivity index (χ1v) is 12.7. The first-order valence-electron chi connectivity index (χ1n) is 12.7. The van der Waals surface area contributed by atoms with Crippen molar-refractivity contribution >= 4 is 11.5 Å². The third kappa shape index (κ3) is 4.75. The van der Waals surface area contributed by atoms with Gasteiger partial charge in [0.2, 0.25) is 11.8 Å². The number of hydrogen-bond donors (Lipinski definition) is 0. The maximum Gasteiger partial charge on any atom is 0.229 e. The minimum Gasteiger partial charge on any atom is -0.343 e. The third-order valence-electron chi connectivity index (χ3n) is 7.82. The molecule has 2 fully saturated rings. The Morgan fingerprint density at radius 2 is 2.00 bits per heavy atom. The van der Waals surface area contributed by atoms with E-state index in [1.165, 1.54) is 11.1 Å². The SMILES string of the molecule is CC(C)c1ccc(C2=CCCCC2CC(=O)N2CCC(C)(c3noc(C4CC4)n3)CC2)cn1. The van der Waals surface area contributed by atoms with E-state index in [0.29, 0.717) is 18.3 Å². The second-order valence-corrected chi connectivity index (χ2v) is 10.8. The number of hydrogen-bond acceptors (Lipinski definition) is 5. The van der Waals surface area contributed by atoms with Crippen molar-refractivity contribution in [3.8, 4) is 0 Å². The van der Waals surface area contributed by atoms with Gasteiger partial charge in [-0.3, -0.25) is 9.78 Å². The summed E-state index contributed by atoms with van der Waals surface area (Å²) >= 11 is 0. The van der Waals surface area contributed by atoms with Crippen LogP contribution in [0.4, 0.5) is 0 Å². The first-order chi connectivity index (χ1) is 15.9. The number of rotatable bonds is 6. The third-order valence-corrected chi connectivity index (χ3v) is 7.82. The molecule has 6 nitrogen and oxygen atoms in total. The molecule has 3 aliphatic rings. The van der Waals surface area contributed by atoms with Crippen LogP contribution >= 0.6 is 0 Å². The molecule has 2 aromatic heterocycles. The van der Waals surface area contributed by atoms with Crippen LogP contribution in [0, 0.1) is 5.92 Å². The summed E-state index contributed by atoms with van der Waals surface area (Å²) in [6, 6.07) is 4.32. The summed E-state index contributed by atoms with van der Waals surface area (Å²) in [5, 5.41) is 4.29. The number of nitrogens with zero attached hydrogens (tertiary/aromatic N) is 4. The number of carbonyl (C=O) groups is 1. The average molecular weight is 449 g/mol. The standard InChI is InChI=1S/C27H36N4O2/c1-18(2)23-11-10-21(17-28-23)22-7-5-4-6-20(22)16-24(32)31-14-12-27(3,13-15-31)26-29-25(33-30-26)19-8-9-19/h7,10-11,17-20H,4-6,8-9,12-16H2,1-3H3. The van der Waals surface area contributed by atoms with Crippen LogP contribution in [0.15, 0.2) is 28.9 Å². The summed E-state index contributed by atoms with van der Waals surface area (Å²) in [5.74, 6) is 3.09. The molecule has 0 aromatic carbocycles. The van der Waals surface area contributed by atoms with Crippen LogP contribution < -0.4 is 0 Å². The molecular formula is C27H36N4O2. The number of amides is 1. The Morgan fingerprint density at radius 1 is 1.21 bits per heavy atom. The van der Waals surface area contributed by atoms with E-state index in [4.69, 9.17) is 9.51 Å². The van der Waals surface area contributed by atoms with E-state index in [1.807, 2.05) is 6.20 Å². The molecule has 1 saturated carbocycles. The van der Waals surface area contributed by atoms with E-state index >= 15 is 0 Å². The van der Waals surface area contributed by atoms with Gasteiger partial charge in [0.05, 0.1) is 0 Å². The molecule has 176 valence electrons. The molecule has 0 spiro atoms. The fraction of sp³-hybridized carbons (Fsp3) is 0.630. The highest BCUT2D eigenvalue weighted by molar-refractivity contribution is 5.80. The molecule has 1 aliphatic heterocycles. The van der Waals surface area contributed by atoms with Crippen molar-refractivity contribution in [2.75, 3.05) is 13.1 Å². The highest BCUT2D eigenvalue weighted by Gasteiger charge is 2.39. The minimum atomic E-state index is -0.104. The summed E-state index contributed by atoms with van der Waals surface area (Å²) in [7, 11) is 0. The van der Waals surface area contributed by atoms with Crippen LogP contribution in [-0.2, 0) is 10.2 Å². The summed E-state index contributed by atoms with van der Waals surface area (Å²) in [6.45, 7) is 8.07. The fourth-order valence-corrected chi connectivity index (χ4v) is 5.22. The molecule has 1 amide bonds. The van der Waals surface area contributed by atoms with Crippen LogP contribution in [0.3, 0.4) is 0 Å². The Kier molecular flexibility index (Phi) is 6.11. The van der Waals surface area contributed by atoms with Gasteiger partial charge >= 0.3 is 0 Å². The zero-order valence-corrected chi connectivity index (χ0v) is 20.2. The molecule has 1 unspecified atom stereocenters. The summed E-state index contributed by atoms with van der Waals surface area (Å²) < 4.78 is 5.50. The van der Waals surface area contributed by atoms with Gasteiger partial charge in [-0.05, 0) is 74.0 Å². The predicted molar refractivity (Wildman–Crippen MR) is 128 cm³/mol. The van der Waals surface area contributed by atoms with Crippen molar-refractivity contribution in [3.05, 3.63) is 47.4 Å². The van der Waals surface area contributed by atoms with Crippen LogP contribution in [0.25, 0.3) is 5.57 Å². The maximum absolute atomic E-state index is 13.3. The zero-order valence-electron chi connectivity index (χ0n) is 20.2. The number of aromatic nitrogens is 3. The summed E-state index contributed by atoms with van der Waals surface area (Å²) in [6.07, 6.45) is 12.3. The van der Waals surface area contributed by atoms with Gasteiger partial charge in [0, 0.05) is 42.7 Å². The quantitative estimate of drug-likeness (QED) is 0.573. The van der Waals surface area contributed by atoms with Gasteiger partial charge in [0.25, 0.3) is 0 Å².